The Morgan fingerprint density at radius 3 is 2.95 bits per heavy atom. The standard InChI is InChI=1S/C13H13BrN2O3/c14-11-5-9(6-12-13(11)18-4-3-17-12)7-15-8-10-1-2-16-19-10/h1-2,5-6,15H,3-4,7-8H2. The molecular formula is C13H13BrN2O3. The van der Waals surface area contributed by atoms with Gasteiger partial charge in [0.1, 0.15) is 19.0 Å². The Hall–Kier alpha value is -1.53. The first kappa shape index (κ1) is 12.5. The Morgan fingerprint density at radius 1 is 1.21 bits per heavy atom. The topological polar surface area (TPSA) is 56.5 Å². The molecule has 0 bridgehead atoms. The summed E-state index contributed by atoms with van der Waals surface area (Å²) in [5.74, 6) is 2.39. The van der Waals surface area contributed by atoms with Crippen molar-refractivity contribution in [3.8, 4) is 11.5 Å². The number of fused-ring (bicyclic) bond motifs is 1. The Bertz CT molecular complexity index is 557. The molecule has 0 aliphatic carbocycles. The third-order valence-corrected chi connectivity index (χ3v) is 3.37. The predicted octanol–water partition coefficient (Wildman–Crippen LogP) is 2.50. The predicted molar refractivity (Wildman–Crippen MR) is 72.2 cm³/mol. The summed E-state index contributed by atoms with van der Waals surface area (Å²) in [6, 6.07) is 5.86. The number of hydrogen-bond donors (Lipinski definition) is 1. The minimum Gasteiger partial charge on any atom is -0.486 e. The highest BCUT2D eigenvalue weighted by molar-refractivity contribution is 9.10. The van der Waals surface area contributed by atoms with Crippen molar-refractivity contribution in [1.82, 2.24) is 10.5 Å². The molecule has 0 amide bonds. The van der Waals surface area contributed by atoms with Gasteiger partial charge in [-0.05, 0) is 33.6 Å². The summed E-state index contributed by atoms with van der Waals surface area (Å²) < 4.78 is 17.1. The lowest BCUT2D eigenvalue weighted by Gasteiger charge is -2.20. The molecule has 2 heterocycles. The molecule has 100 valence electrons. The second-order valence-electron chi connectivity index (χ2n) is 4.18. The molecule has 0 saturated carbocycles. The molecular weight excluding hydrogens is 312 g/mol. The van der Waals surface area contributed by atoms with E-state index in [1.165, 1.54) is 0 Å². The zero-order chi connectivity index (χ0) is 13.1. The SMILES string of the molecule is Brc1cc(CNCc2ccno2)cc2c1OCCO2. The van der Waals surface area contributed by atoms with Crippen molar-refractivity contribution < 1.29 is 14.0 Å². The minimum atomic E-state index is 0.592. The van der Waals surface area contributed by atoms with Gasteiger partial charge in [0.15, 0.2) is 11.5 Å². The van der Waals surface area contributed by atoms with Gasteiger partial charge in [0, 0.05) is 12.6 Å². The molecule has 0 spiro atoms. The molecule has 19 heavy (non-hydrogen) atoms. The van der Waals surface area contributed by atoms with Crippen LogP contribution in [0.25, 0.3) is 0 Å². The molecule has 5 nitrogen and oxygen atoms in total. The highest BCUT2D eigenvalue weighted by Gasteiger charge is 2.16. The molecule has 1 N–H and O–H groups in total. The Morgan fingerprint density at radius 2 is 2.11 bits per heavy atom. The lowest BCUT2D eigenvalue weighted by molar-refractivity contribution is 0.170. The van der Waals surface area contributed by atoms with E-state index in [0.29, 0.717) is 19.8 Å². The van der Waals surface area contributed by atoms with Crippen LogP contribution in [0.15, 0.2) is 33.4 Å². The molecule has 0 saturated heterocycles. The molecule has 0 atom stereocenters. The van der Waals surface area contributed by atoms with Gasteiger partial charge in [-0.25, -0.2) is 0 Å². The smallest absolute Gasteiger partial charge is 0.175 e. The second kappa shape index (κ2) is 5.63. The van der Waals surface area contributed by atoms with Crippen molar-refractivity contribution in [3.05, 3.63) is 40.2 Å². The maximum absolute atomic E-state index is 5.59. The molecule has 0 radical (unpaired) electrons. The van der Waals surface area contributed by atoms with Crippen LogP contribution in [-0.2, 0) is 13.1 Å². The van der Waals surface area contributed by atoms with Crippen molar-refractivity contribution >= 4 is 15.9 Å². The van der Waals surface area contributed by atoms with Crippen LogP contribution in [0, 0.1) is 0 Å². The van der Waals surface area contributed by atoms with E-state index < -0.39 is 0 Å². The number of halogens is 1. The number of ether oxygens (including phenoxy) is 2. The van der Waals surface area contributed by atoms with Gasteiger partial charge in [-0.2, -0.15) is 0 Å². The summed E-state index contributed by atoms with van der Waals surface area (Å²) >= 11 is 3.50. The van der Waals surface area contributed by atoms with Gasteiger partial charge < -0.3 is 19.3 Å². The average molecular weight is 325 g/mol. The number of nitrogens with zero attached hydrogens (tertiary/aromatic N) is 1. The Balaban J connectivity index is 1.66. The van der Waals surface area contributed by atoms with Gasteiger partial charge in [0.05, 0.1) is 17.2 Å². The highest BCUT2D eigenvalue weighted by Crippen LogP contribution is 2.38. The fourth-order valence-electron chi connectivity index (χ4n) is 1.93. The first-order valence-corrected chi connectivity index (χ1v) is 6.80. The summed E-state index contributed by atoms with van der Waals surface area (Å²) in [6.45, 7) is 2.55. The zero-order valence-corrected chi connectivity index (χ0v) is 11.8. The zero-order valence-electron chi connectivity index (χ0n) is 10.2. The van der Waals surface area contributed by atoms with Crippen LogP contribution in [0.3, 0.4) is 0 Å². The van der Waals surface area contributed by atoms with Gasteiger partial charge in [0.2, 0.25) is 0 Å². The molecule has 2 aromatic rings. The van der Waals surface area contributed by atoms with Crippen LogP contribution in [0.5, 0.6) is 11.5 Å². The van der Waals surface area contributed by atoms with Crippen molar-refractivity contribution in [3.63, 3.8) is 0 Å². The third kappa shape index (κ3) is 2.90. The van der Waals surface area contributed by atoms with E-state index in [2.05, 4.69) is 26.4 Å². The van der Waals surface area contributed by atoms with Crippen LogP contribution in [0.4, 0.5) is 0 Å². The lowest BCUT2D eigenvalue weighted by atomic mass is 10.2. The number of nitrogens with one attached hydrogen (secondary N) is 1. The molecule has 6 heteroatoms. The van der Waals surface area contributed by atoms with E-state index in [-0.39, 0.29) is 0 Å². The fraction of sp³-hybridized carbons (Fsp3) is 0.308. The third-order valence-electron chi connectivity index (χ3n) is 2.78. The van der Waals surface area contributed by atoms with E-state index in [4.69, 9.17) is 14.0 Å². The van der Waals surface area contributed by atoms with Crippen LogP contribution in [0.1, 0.15) is 11.3 Å². The molecule has 3 rings (SSSR count). The minimum absolute atomic E-state index is 0.592. The van der Waals surface area contributed by atoms with E-state index >= 15 is 0 Å². The first-order valence-electron chi connectivity index (χ1n) is 6.01. The highest BCUT2D eigenvalue weighted by atomic mass is 79.9. The normalized spacial score (nSPS) is 13.5. The summed E-state index contributed by atoms with van der Waals surface area (Å²) in [6.07, 6.45) is 1.64. The molecule has 1 aromatic carbocycles. The molecule has 1 aliphatic rings. The van der Waals surface area contributed by atoms with Crippen molar-refractivity contribution in [1.29, 1.82) is 0 Å². The van der Waals surface area contributed by atoms with Gasteiger partial charge in [-0.1, -0.05) is 5.16 Å². The summed E-state index contributed by atoms with van der Waals surface area (Å²) in [5, 5.41) is 6.95. The number of aromatic nitrogens is 1. The van der Waals surface area contributed by atoms with Crippen molar-refractivity contribution in [2.24, 2.45) is 0 Å². The van der Waals surface area contributed by atoms with Crippen LogP contribution in [0.2, 0.25) is 0 Å². The quantitative estimate of drug-likeness (QED) is 0.936. The van der Waals surface area contributed by atoms with Crippen molar-refractivity contribution in [2.45, 2.75) is 13.1 Å². The average Bonchev–Trinajstić information content (AvgIpc) is 2.92. The van der Waals surface area contributed by atoms with Gasteiger partial charge in [0.25, 0.3) is 0 Å². The van der Waals surface area contributed by atoms with Crippen molar-refractivity contribution in [2.75, 3.05) is 13.2 Å². The van der Waals surface area contributed by atoms with E-state index in [1.54, 1.807) is 6.20 Å². The molecule has 0 fully saturated rings. The number of rotatable bonds is 4. The van der Waals surface area contributed by atoms with E-state index in [0.717, 1.165) is 33.8 Å². The van der Waals surface area contributed by atoms with Crippen LogP contribution >= 0.6 is 15.9 Å². The Kier molecular flexibility index (Phi) is 3.70. The van der Waals surface area contributed by atoms with Crippen LogP contribution in [-0.4, -0.2) is 18.4 Å². The van der Waals surface area contributed by atoms with Gasteiger partial charge >= 0.3 is 0 Å². The second-order valence-corrected chi connectivity index (χ2v) is 5.04. The maximum Gasteiger partial charge on any atom is 0.175 e. The molecule has 1 aliphatic heterocycles. The molecule has 1 aromatic heterocycles. The van der Waals surface area contributed by atoms with Gasteiger partial charge in [-0.15, -0.1) is 0 Å². The van der Waals surface area contributed by atoms with Crippen LogP contribution < -0.4 is 14.8 Å². The summed E-state index contributed by atoms with van der Waals surface area (Å²) in [5.41, 5.74) is 1.12. The number of hydrogen-bond acceptors (Lipinski definition) is 5. The summed E-state index contributed by atoms with van der Waals surface area (Å²) in [4.78, 5) is 0. The van der Waals surface area contributed by atoms with E-state index in [1.807, 2.05) is 18.2 Å². The largest absolute Gasteiger partial charge is 0.486 e. The number of benzene rings is 1. The monoisotopic (exact) mass is 324 g/mol. The maximum atomic E-state index is 5.59. The van der Waals surface area contributed by atoms with E-state index in [9.17, 15) is 0 Å². The lowest BCUT2D eigenvalue weighted by Crippen LogP contribution is -2.17. The summed E-state index contributed by atoms with van der Waals surface area (Å²) in [7, 11) is 0. The Labute approximate surface area is 119 Å². The molecule has 0 unspecified atom stereocenters. The first-order chi connectivity index (χ1) is 9.33. The fourth-order valence-corrected chi connectivity index (χ4v) is 2.53. The van der Waals surface area contributed by atoms with Gasteiger partial charge in [-0.3, -0.25) is 0 Å².